The second kappa shape index (κ2) is 3.59. The van der Waals surface area contributed by atoms with Gasteiger partial charge in [-0.2, -0.15) is 0 Å². The minimum atomic E-state index is -0.777. The standard InChI is InChI=1S/C10H18N2O2/c1-5-6(2)7-8(13)12-10(3,4)9(14)11-7/h6-7H,5H2,1-4H3,(H,11,14)(H,12,13). The molecule has 2 atom stereocenters. The molecule has 2 amide bonds. The van der Waals surface area contributed by atoms with Gasteiger partial charge in [0.15, 0.2) is 0 Å². The summed E-state index contributed by atoms with van der Waals surface area (Å²) in [5.74, 6) is -0.0126. The fourth-order valence-corrected chi connectivity index (χ4v) is 1.47. The van der Waals surface area contributed by atoms with Crippen molar-refractivity contribution in [1.29, 1.82) is 0 Å². The molecule has 80 valence electrons. The Kier molecular flexibility index (Phi) is 2.83. The smallest absolute Gasteiger partial charge is 0.245 e. The van der Waals surface area contributed by atoms with Gasteiger partial charge in [-0.25, -0.2) is 0 Å². The first-order chi connectivity index (χ1) is 6.38. The maximum atomic E-state index is 11.6. The summed E-state index contributed by atoms with van der Waals surface area (Å²) in [7, 11) is 0. The van der Waals surface area contributed by atoms with Crippen LogP contribution in [0.5, 0.6) is 0 Å². The molecule has 4 nitrogen and oxygen atoms in total. The molecule has 0 saturated carbocycles. The maximum Gasteiger partial charge on any atom is 0.245 e. The first kappa shape index (κ1) is 11.0. The van der Waals surface area contributed by atoms with Gasteiger partial charge in [-0.3, -0.25) is 9.59 Å². The van der Waals surface area contributed by atoms with Crippen molar-refractivity contribution in [3.8, 4) is 0 Å². The van der Waals surface area contributed by atoms with E-state index in [2.05, 4.69) is 10.6 Å². The van der Waals surface area contributed by atoms with Crippen LogP contribution in [0.3, 0.4) is 0 Å². The van der Waals surface area contributed by atoms with E-state index in [0.29, 0.717) is 0 Å². The summed E-state index contributed by atoms with van der Waals surface area (Å²) in [5.41, 5.74) is -0.777. The van der Waals surface area contributed by atoms with Crippen LogP contribution < -0.4 is 10.6 Å². The van der Waals surface area contributed by atoms with E-state index >= 15 is 0 Å². The van der Waals surface area contributed by atoms with Crippen LogP contribution in [0.2, 0.25) is 0 Å². The van der Waals surface area contributed by atoms with E-state index in [1.54, 1.807) is 13.8 Å². The van der Waals surface area contributed by atoms with Crippen molar-refractivity contribution in [2.24, 2.45) is 5.92 Å². The van der Waals surface area contributed by atoms with E-state index in [-0.39, 0.29) is 23.8 Å². The Labute approximate surface area is 84.4 Å². The van der Waals surface area contributed by atoms with Crippen LogP contribution in [0, 0.1) is 5.92 Å². The molecule has 1 aliphatic rings. The Bertz CT molecular complexity index is 261. The van der Waals surface area contributed by atoms with Gasteiger partial charge in [0.05, 0.1) is 0 Å². The van der Waals surface area contributed by atoms with Crippen molar-refractivity contribution in [3.05, 3.63) is 0 Å². The highest BCUT2D eigenvalue weighted by atomic mass is 16.2. The third kappa shape index (κ3) is 1.89. The lowest BCUT2D eigenvalue weighted by molar-refractivity contribution is -0.141. The summed E-state index contributed by atoms with van der Waals surface area (Å²) >= 11 is 0. The number of piperazine rings is 1. The number of nitrogens with one attached hydrogen (secondary N) is 2. The average Bonchev–Trinajstić information content (AvgIpc) is 2.09. The second-order valence-electron chi connectivity index (χ2n) is 4.45. The number of carbonyl (C=O) groups excluding carboxylic acids is 2. The molecular formula is C10H18N2O2. The quantitative estimate of drug-likeness (QED) is 0.676. The van der Waals surface area contributed by atoms with Gasteiger partial charge < -0.3 is 10.6 Å². The lowest BCUT2D eigenvalue weighted by Gasteiger charge is -2.36. The summed E-state index contributed by atoms with van der Waals surface area (Å²) in [5, 5.41) is 5.48. The summed E-state index contributed by atoms with van der Waals surface area (Å²) in [6.07, 6.45) is 0.874. The topological polar surface area (TPSA) is 58.2 Å². The maximum absolute atomic E-state index is 11.6. The molecule has 2 unspecified atom stereocenters. The monoisotopic (exact) mass is 198 g/mol. The molecule has 0 aliphatic carbocycles. The van der Waals surface area contributed by atoms with Crippen molar-refractivity contribution in [2.45, 2.75) is 45.7 Å². The lowest BCUT2D eigenvalue weighted by Crippen LogP contribution is -2.68. The normalized spacial score (nSPS) is 27.9. The van der Waals surface area contributed by atoms with Gasteiger partial charge in [-0.1, -0.05) is 20.3 Å². The van der Waals surface area contributed by atoms with Gasteiger partial charge in [0.2, 0.25) is 11.8 Å². The van der Waals surface area contributed by atoms with Crippen LogP contribution in [-0.4, -0.2) is 23.4 Å². The van der Waals surface area contributed by atoms with Gasteiger partial charge >= 0.3 is 0 Å². The third-order valence-electron chi connectivity index (χ3n) is 2.79. The van der Waals surface area contributed by atoms with Crippen LogP contribution in [-0.2, 0) is 9.59 Å². The molecule has 0 radical (unpaired) electrons. The Hall–Kier alpha value is -1.06. The van der Waals surface area contributed by atoms with E-state index < -0.39 is 5.54 Å². The van der Waals surface area contributed by atoms with Gasteiger partial charge in [0.25, 0.3) is 0 Å². The Morgan fingerprint density at radius 2 is 2.00 bits per heavy atom. The molecule has 1 fully saturated rings. The number of carbonyl (C=O) groups is 2. The zero-order valence-corrected chi connectivity index (χ0v) is 9.18. The third-order valence-corrected chi connectivity index (χ3v) is 2.79. The highest BCUT2D eigenvalue weighted by Crippen LogP contribution is 2.15. The first-order valence-electron chi connectivity index (χ1n) is 5.01. The average molecular weight is 198 g/mol. The molecule has 0 aromatic heterocycles. The zero-order valence-electron chi connectivity index (χ0n) is 9.18. The van der Waals surface area contributed by atoms with Gasteiger partial charge in [-0.15, -0.1) is 0 Å². The molecule has 0 aromatic rings. The molecule has 2 N–H and O–H groups in total. The van der Waals surface area contributed by atoms with E-state index in [9.17, 15) is 9.59 Å². The molecule has 0 spiro atoms. The van der Waals surface area contributed by atoms with Gasteiger partial charge in [0.1, 0.15) is 11.6 Å². The van der Waals surface area contributed by atoms with Crippen LogP contribution in [0.15, 0.2) is 0 Å². The van der Waals surface area contributed by atoms with Crippen LogP contribution >= 0.6 is 0 Å². The number of hydrogen-bond donors (Lipinski definition) is 2. The second-order valence-corrected chi connectivity index (χ2v) is 4.45. The minimum Gasteiger partial charge on any atom is -0.342 e. The zero-order chi connectivity index (χ0) is 10.9. The van der Waals surface area contributed by atoms with Crippen LogP contribution in [0.25, 0.3) is 0 Å². The SMILES string of the molecule is CCC(C)C1NC(=O)C(C)(C)NC1=O. The van der Waals surface area contributed by atoms with Crippen LogP contribution in [0.4, 0.5) is 0 Å². The van der Waals surface area contributed by atoms with Crippen molar-refractivity contribution in [1.82, 2.24) is 10.6 Å². The Morgan fingerprint density at radius 1 is 1.43 bits per heavy atom. The Morgan fingerprint density at radius 3 is 2.50 bits per heavy atom. The van der Waals surface area contributed by atoms with Crippen molar-refractivity contribution in [2.75, 3.05) is 0 Å². The molecule has 1 rings (SSSR count). The fraction of sp³-hybridized carbons (Fsp3) is 0.800. The van der Waals surface area contributed by atoms with E-state index in [1.165, 1.54) is 0 Å². The Balaban J connectivity index is 2.77. The highest BCUT2D eigenvalue weighted by Gasteiger charge is 2.40. The summed E-state index contributed by atoms with van der Waals surface area (Å²) in [6.45, 7) is 7.37. The largest absolute Gasteiger partial charge is 0.342 e. The van der Waals surface area contributed by atoms with Crippen molar-refractivity contribution < 1.29 is 9.59 Å². The van der Waals surface area contributed by atoms with Crippen LogP contribution in [0.1, 0.15) is 34.1 Å². The molecule has 14 heavy (non-hydrogen) atoms. The fourth-order valence-electron chi connectivity index (χ4n) is 1.47. The predicted octanol–water partition coefficient (Wildman–Crippen LogP) is 0.426. The number of rotatable bonds is 2. The highest BCUT2D eigenvalue weighted by molar-refractivity contribution is 5.99. The first-order valence-corrected chi connectivity index (χ1v) is 5.01. The molecule has 0 bridgehead atoms. The van der Waals surface area contributed by atoms with E-state index in [0.717, 1.165) is 6.42 Å². The van der Waals surface area contributed by atoms with E-state index in [1.807, 2.05) is 13.8 Å². The predicted molar refractivity (Wildman–Crippen MR) is 53.6 cm³/mol. The summed E-state index contributed by atoms with van der Waals surface area (Å²) in [4.78, 5) is 23.2. The van der Waals surface area contributed by atoms with Gasteiger partial charge in [0, 0.05) is 0 Å². The molecular weight excluding hydrogens is 180 g/mol. The minimum absolute atomic E-state index is 0.0797. The van der Waals surface area contributed by atoms with Crippen molar-refractivity contribution >= 4 is 11.8 Å². The van der Waals surface area contributed by atoms with Gasteiger partial charge in [-0.05, 0) is 19.8 Å². The van der Waals surface area contributed by atoms with E-state index in [4.69, 9.17) is 0 Å². The van der Waals surface area contributed by atoms with Crippen molar-refractivity contribution in [3.63, 3.8) is 0 Å². The molecule has 0 aromatic carbocycles. The summed E-state index contributed by atoms with van der Waals surface area (Å²) < 4.78 is 0. The molecule has 1 heterocycles. The number of amides is 2. The summed E-state index contributed by atoms with van der Waals surface area (Å²) in [6, 6.07) is -0.375. The molecule has 1 saturated heterocycles. The number of hydrogen-bond acceptors (Lipinski definition) is 2. The molecule has 4 heteroatoms. The molecule has 1 aliphatic heterocycles. The lowest BCUT2D eigenvalue weighted by atomic mass is 9.92.